The summed E-state index contributed by atoms with van der Waals surface area (Å²) in [5.41, 5.74) is 1.12. The van der Waals surface area contributed by atoms with Crippen molar-refractivity contribution in [1.29, 1.82) is 0 Å². The lowest BCUT2D eigenvalue weighted by Crippen LogP contribution is -2.20. The second-order valence-corrected chi connectivity index (χ2v) is 5.30. The van der Waals surface area contributed by atoms with Crippen LogP contribution in [-0.4, -0.2) is 5.78 Å². The Morgan fingerprint density at radius 3 is 2.38 bits per heavy atom. The smallest absolute Gasteiger partial charge is 0.143 e. The van der Waals surface area contributed by atoms with E-state index >= 15 is 0 Å². The van der Waals surface area contributed by atoms with E-state index in [0.717, 1.165) is 25.7 Å². The molecule has 1 nitrogen and oxygen atoms in total. The summed E-state index contributed by atoms with van der Waals surface area (Å²) in [6.07, 6.45) is 3.86. The molecule has 1 aliphatic carbocycles. The van der Waals surface area contributed by atoms with Gasteiger partial charge < -0.3 is 0 Å². The molecule has 0 saturated heterocycles. The second kappa shape index (κ2) is 4.40. The van der Waals surface area contributed by atoms with E-state index in [1.807, 2.05) is 18.2 Å². The van der Waals surface area contributed by atoms with Crippen molar-refractivity contribution in [2.45, 2.75) is 44.9 Å². The number of hydrogen-bond acceptors (Lipinski definition) is 1. The highest BCUT2D eigenvalue weighted by atomic mass is 16.1. The number of carbonyl (C=O) groups is 1. The van der Waals surface area contributed by atoms with Crippen molar-refractivity contribution >= 4 is 5.78 Å². The molecule has 16 heavy (non-hydrogen) atoms. The highest BCUT2D eigenvalue weighted by Crippen LogP contribution is 2.49. The Kier molecular flexibility index (Phi) is 3.13. The first kappa shape index (κ1) is 11.4. The van der Waals surface area contributed by atoms with Crippen LogP contribution in [0.5, 0.6) is 0 Å². The fraction of sp³-hybridized carbons (Fsp3) is 0.533. The van der Waals surface area contributed by atoms with E-state index in [4.69, 9.17) is 0 Å². The van der Waals surface area contributed by atoms with E-state index in [2.05, 4.69) is 26.0 Å². The zero-order valence-electron chi connectivity index (χ0n) is 10.2. The Hall–Kier alpha value is -1.11. The Labute approximate surface area is 97.9 Å². The SMILES string of the molecule is CC(C)CCC(=O)C1(c2ccccc2)CC1. The van der Waals surface area contributed by atoms with Gasteiger partial charge in [0, 0.05) is 6.42 Å². The Bertz CT molecular complexity index is 360. The molecule has 0 aromatic heterocycles. The number of ketones is 1. The quantitative estimate of drug-likeness (QED) is 0.733. The molecule has 0 aliphatic heterocycles. The van der Waals surface area contributed by atoms with Gasteiger partial charge in [-0.3, -0.25) is 4.79 Å². The molecule has 0 unspecified atom stereocenters. The minimum atomic E-state index is -0.101. The summed E-state index contributed by atoms with van der Waals surface area (Å²) < 4.78 is 0. The highest BCUT2D eigenvalue weighted by molar-refractivity contribution is 5.93. The molecule has 0 atom stereocenters. The van der Waals surface area contributed by atoms with Crippen LogP contribution in [0.3, 0.4) is 0 Å². The minimum Gasteiger partial charge on any atom is -0.299 e. The van der Waals surface area contributed by atoms with Crippen molar-refractivity contribution in [3.63, 3.8) is 0 Å². The average molecular weight is 216 g/mol. The van der Waals surface area contributed by atoms with Crippen molar-refractivity contribution in [3.8, 4) is 0 Å². The molecule has 0 spiro atoms. The lowest BCUT2D eigenvalue weighted by molar-refractivity contribution is -0.121. The van der Waals surface area contributed by atoms with Crippen LogP contribution in [-0.2, 0) is 10.2 Å². The fourth-order valence-corrected chi connectivity index (χ4v) is 2.27. The molecular formula is C15H20O. The van der Waals surface area contributed by atoms with Crippen LogP contribution in [0.15, 0.2) is 30.3 Å². The number of carbonyl (C=O) groups excluding carboxylic acids is 1. The molecule has 0 N–H and O–H groups in total. The van der Waals surface area contributed by atoms with Crippen LogP contribution < -0.4 is 0 Å². The van der Waals surface area contributed by atoms with E-state index in [-0.39, 0.29) is 5.41 Å². The van der Waals surface area contributed by atoms with Crippen molar-refractivity contribution in [2.75, 3.05) is 0 Å². The van der Waals surface area contributed by atoms with Crippen molar-refractivity contribution in [1.82, 2.24) is 0 Å². The first-order valence-corrected chi connectivity index (χ1v) is 6.24. The van der Waals surface area contributed by atoms with E-state index in [1.54, 1.807) is 0 Å². The number of Topliss-reactive ketones (excluding diaryl/α,β-unsaturated/α-hetero) is 1. The molecule has 0 radical (unpaired) electrons. The molecule has 0 amide bonds. The van der Waals surface area contributed by atoms with Gasteiger partial charge >= 0.3 is 0 Å². The molecule has 1 aromatic carbocycles. The summed E-state index contributed by atoms with van der Waals surface area (Å²) in [5, 5.41) is 0. The van der Waals surface area contributed by atoms with Crippen molar-refractivity contribution in [2.24, 2.45) is 5.92 Å². The van der Waals surface area contributed by atoms with Gasteiger partial charge in [-0.25, -0.2) is 0 Å². The van der Waals surface area contributed by atoms with Crippen LogP contribution in [0.25, 0.3) is 0 Å². The Balaban J connectivity index is 2.06. The Morgan fingerprint density at radius 2 is 1.88 bits per heavy atom. The first-order chi connectivity index (χ1) is 7.65. The van der Waals surface area contributed by atoms with Gasteiger partial charge in [0.05, 0.1) is 5.41 Å². The molecule has 2 rings (SSSR count). The summed E-state index contributed by atoms with van der Waals surface area (Å²) in [5.74, 6) is 1.07. The predicted molar refractivity (Wildman–Crippen MR) is 66.4 cm³/mol. The maximum absolute atomic E-state index is 12.2. The molecule has 1 heteroatoms. The second-order valence-electron chi connectivity index (χ2n) is 5.30. The third-order valence-corrected chi connectivity index (χ3v) is 3.56. The largest absolute Gasteiger partial charge is 0.299 e. The predicted octanol–water partition coefficient (Wildman–Crippen LogP) is 3.72. The standard InChI is InChI=1S/C15H20O/c1-12(2)8-9-14(16)15(10-11-15)13-6-4-3-5-7-13/h3-7,12H,8-11H2,1-2H3. The molecular weight excluding hydrogens is 196 g/mol. The fourth-order valence-electron chi connectivity index (χ4n) is 2.27. The van der Waals surface area contributed by atoms with Crippen LogP contribution >= 0.6 is 0 Å². The molecule has 0 heterocycles. The maximum atomic E-state index is 12.2. The van der Waals surface area contributed by atoms with E-state index in [1.165, 1.54) is 5.56 Å². The summed E-state index contributed by atoms with van der Waals surface area (Å²) in [4.78, 5) is 12.2. The van der Waals surface area contributed by atoms with Gasteiger partial charge in [-0.1, -0.05) is 44.2 Å². The Morgan fingerprint density at radius 1 is 1.25 bits per heavy atom. The van der Waals surface area contributed by atoms with Crippen LogP contribution in [0.1, 0.15) is 45.1 Å². The molecule has 0 bridgehead atoms. The van der Waals surface area contributed by atoms with E-state index < -0.39 is 0 Å². The number of hydrogen-bond donors (Lipinski definition) is 0. The van der Waals surface area contributed by atoms with Gasteiger partial charge in [-0.15, -0.1) is 0 Å². The van der Waals surface area contributed by atoms with Gasteiger partial charge in [-0.05, 0) is 30.7 Å². The summed E-state index contributed by atoms with van der Waals surface area (Å²) in [6.45, 7) is 4.35. The summed E-state index contributed by atoms with van der Waals surface area (Å²) in [7, 11) is 0. The van der Waals surface area contributed by atoms with Crippen LogP contribution in [0.2, 0.25) is 0 Å². The molecule has 86 valence electrons. The first-order valence-electron chi connectivity index (χ1n) is 6.24. The number of rotatable bonds is 5. The van der Waals surface area contributed by atoms with Crippen LogP contribution in [0.4, 0.5) is 0 Å². The van der Waals surface area contributed by atoms with Gasteiger partial charge in [0.15, 0.2) is 0 Å². The molecule has 1 saturated carbocycles. The lowest BCUT2D eigenvalue weighted by Gasteiger charge is -2.15. The van der Waals surface area contributed by atoms with Gasteiger partial charge in [0.1, 0.15) is 5.78 Å². The zero-order valence-corrected chi connectivity index (χ0v) is 10.2. The van der Waals surface area contributed by atoms with E-state index in [0.29, 0.717) is 11.7 Å². The van der Waals surface area contributed by atoms with Crippen LogP contribution in [0, 0.1) is 5.92 Å². The number of benzene rings is 1. The molecule has 1 aromatic rings. The molecule has 1 fully saturated rings. The van der Waals surface area contributed by atoms with Gasteiger partial charge in [0.2, 0.25) is 0 Å². The minimum absolute atomic E-state index is 0.101. The van der Waals surface area contributed by atoms with Gasteiger partial charge in [0.25, 0.3) is 0 Å². The normalized spacial score (nSPS) is 17.4. The van der Waals surface area contributed by atoms with Gasteiger partial charge in [-0.2, -0.15) is 0 Å². The third kappa shape index (κ3) is 2.18. The van der Waals surface area contributed by atoms with Crippen molar-refractivity contribution < 1.29 is 4.79 Å². The zero-order chi connectivity index (χ0) is 11.6. The monoisotopic (exact) mass is 216 g/mol. The highest BCUT2D eigenvalue weighted by Gasteiger charge is 2.49. The lowest BCUT2D eigenvalue weighted by atomic mass is 9.88. The van der Waals surface area contributed by atoms with E-state index in [9.17, 15) is 4.79 Å². The maximum Gasteiger partial charge on any atom is 0.143 e. The average Bonchev–Trinajstić information content (AvgIpc) is 3.08. The topological polar surface area (TPSA) is 17.1 Å². The third-order valence-electron chi connectivity index (χ3n) is 3.56. The van der Waals surface area contributed by atoms with Crippen molar-refractivity contribution in [3.05, 3.63) is 35.9 Å². The summed E-state index contributed by atoms with van der Waals surface area (Å²) in [6, 6.07) is 10.3. The molecule has 1 aliphatic rings. The summed E-state index contributed by atoms with van der Waals surface area (Å²) >= 11 is 0.